The third-order valence-corrected chi connectivity index (χ3v) is 1.85. The van der Waals surface area contributed by atoms with Gasteiger partial charge in [0.05, 0.1) is 7.11 Å². The molecule has 0 aromatic heterocycles. The molecule has 1 aromatic rings. The molecule has 0 bridgehead atoms. The van der Waals surface area contributed by atoms with Gasteiger partial charge in [-0.1, -0.05) is 12.7 Å². The van der Waals surface area contributed by atoms with Crippen LogP contribution in [0.25, 0.3) is 6.08 Å². The van der Waals surface area contributed by atoms with E-state index < -0.39 is 0 Å². The third kappa shape index (κ3) is 1.42. The zero-order valence-electron chi connectivity index (χ0n) is 7.42. The number of hydrogen-bond donors (Lipinski definition) is 1. The largest absolute Gasteiger partial charge is 0.497 e. The summed E-state index contributed by atoms with van der Waals surface area (Å²) in [5.74, 6) is 0.816. The first-order valence-corrected chi connectivity index (χ1v) is 3.75. The van der Waals surface area contributed by atoms with E-state index in [-0.39, 0.29) is 0 Å². The predicted octanol–water partition coefficient (Wildman–Crippen LogP) is 2.23. The van der Waals surface area contributed by atoms with Crippen LogP contribution in [0.1, 0.15) is 11.1 Å². The van der Waals surface area contributed by atoms with Crippen molar-refractivity contribution < 1.29 is 4.74 Å². The molecule has 0 saturated heterocycles. The van der Waals surface area contributed by atoms with Gasteiger partial charge in [-0.25, -0.2) is 0 Å². The van der Waals surface area contributed by atoms with Crippen LogP contribution in [0.4, 0.5) is 5.69 Å². The van der Waals surface area contributed by atoms with Gasteiger partial charge in [0.25, 0.3) is 0 Å². The van der Waals surface area contributed by atoms with Crippen LogP contribution < -0.4 is 10.5 Å². The molecule has 0 aliphatic carbocycles. The molecule has 64 valence electrons. The highest BCUT2D eigenvalue weighted by Gasteiger charge is 2.01. The summed E-state index contributed by atoms with van der Waals surface area (Å²) in [5.41, 5.74) is 8.50. The second-order valence-corrected chi connectivity index (χ2v) is 2.65. The average Bonchev–Trinajstić information content (AvgIpc) is 2.09. The summed E-state index contributed by atoms with van der Waals surface area (Å²) in [4.78, 5) is 0. The predicted molar refractivity (Wildman–Crippen MR) is 52.2 cm³/mol. The molecule has 0 amide bonds. The minimum Gasteiger partial charge on any atom is -0.497 e. The van der Waals surface area contributed by atoms with E-state index in [1.165, 1.54) is 0 Å². The molecule has 0 aliphatic rings. The maximum absolute atomic E-state index is 5.79. The number of nitrogens with two attached hydrogens (primary N) is 1. The average molecular weight is 163 g/mol. The zero-order chi connectivity index (χ0) is 9.14. The van der Waals surface area contributed by atoms with Crippen LogP contribution >= 0.6 is 0 Å². The van der Waals surface area contributed by atoms with Gasteiger partial charge in [-0.2, -0.15) is 0 Å². The Hall–Kier alpha value is -1.44. The van der Waals surface area contributed by atoms with Crippen molar-refractivity contribution in [3.05, 3.63) is 29.8 Å². The van der Waals surface area contributed by atoms with Gasteiger partial charge in [0.2, 0.25) is 0 Å². The van der Waals surface area contributed by atoms with Crippen molar-refractivity contribution in [3.8, 4) is 5.75 Å². The van der Waals surface area contributed by atoms with Crippen molar-refractivity contribution in [2.24, 2.45) is 0 Å². The van der Waals surface area contributed by atoms with Crippen LogP contribution in [0.3, 0.4) is 0 Å². The van der Waals surface area contributed by atoms with Gasteiger partial charge in [0, 0.05) is 11.3 Å². The van der Waals surface area contributed by atoms with E-state index in [9.17, 15) is 0 Å². The van der Waals surface area contributed by atoms with E-state index in [2.05, 4.69) is 6.58 Å². The normalized spacial score (nSPS) is 9.50. The standard InChI is InChI=1S/C10H13NO/c1-4-8-6-9(12-3)5-7(2)10(8)11/h4-6H,1,11H2,2-3H3. The Morgan fingerprint density at radius 2 is 2.17 bits per heavy atom. The number of anilines is 1. The second kappa shape index (κ2) is 3.30. The van der Waals surface area contributed by atoms with Crippen molar-refractivity contribution >= 4 is 11.8 Å². The van der Waals surface area contributed by atoms with Crippen LogP contribution in [0.2, 0.25) is 0 Å². The molecule has 12 heavy (non-hydrogen) atoms. The number of ether oxygens (including phenoxy) is 1. The molecule has 1 aromatic carbocycles. The molecule has 0 saturated carbocycles. The first-order valence-electron chi connectivity index (χ1n) is 3.75. The van der Waals surface area contributed by atoms with Crippen molar-refractivity contribution in [1.82, 2.24) is 0 Å². The number of hydrogen-bond acceptors (Lipinski definition) is 2. The quantitative estimate of drug-likeness (QED) is 0.678. The molecule has 2 N–H and O–H groups in total. The Morgan fingerprint density at radius 3 is 2.67 bits per heavy atom. The SMILES string of the molecule is C=Cc1cc(OC)cc(C)c1N. The molecule has 0 atom stereocenters. The molecule has 0 radical (unpaired) electrons. The zero-order valence-corrected chi connectivity index (χ0v) is 7.42. The van der Waals surface area contributed by atoms with Gasteiger partial charge >= 0.3 is 0 Å². The number of aryl methyl sites for hydroxylation is 1. The highest BCUT2D eigenvalue weighted by Crippen LogP contribution is 2.24. The molecule has 0 fully saturated rings. The summed E-state index contributed by atoms with van der Waals surface area (Å²) in [6.45, 7) is 5.62. The molecule has 2 heteroatoms. The van der Waals surface area contributed by atoms with Gasteiger partial charge in [0.15, 0.2) is 0 Å². The molecule has 1 rings (SSSR count). The van der Waals surface area contributed by atoms with Crippen LogP contribution in [0.15, 0.2) is 18.7 Å². The molecule has 0 heterocycles. The highest BCUT2D eigenvalue weighted by atomic mass is 16.5. The van der Waals surface area contributed by atoms with Crippen LogP contribution in [0, 0.1) is 6.92 Å². The van der Waals surface area contributed by atoms with Crippen molar-refractivity contribution in [2.75, 3.05) is 12.8 Å². The third-order valence-electron chi connectivity index (χ3n) is 1.85. The van der Waals surface area contributed by atoms with E-state index in [1.807, 2.05) is 19.1 Å². The van der Waals surface area contributed by atoms with Gasteiger partial charge in [-0.15, -0.1) is 0 Å². The monoisotopic (exact) mass is 163 g/mol. The lowest BCUT2D eigenvalue weighted by Crippen LogP contribution is -1.94. The van der Waals surface area contributed by atoms with Gasteiger partial charge in [-0.3, -0.25) is 0 Å². The molecule has 2 nitrogen and oxygen atoms in total. The lowest BCUT2D eigenvalue weighted by molar-refractivity contribution is 0.414. The Labute approximate surface area is 72.7 Å². The summed E-state index contributed by atoms with van der Waals surface area (Å²) in [6.07, 6.45) is 1.73. The Morgan fingerprint density at radius 1 is 1.50 bits per heavy atom. The van der Waals surface area contributed by atoms with Crippen LogP contribution in [-0.2, 0) is 0 Å². The summed E-state index contributed by atoms with van der Waals surface area (Å²) in [5, 5.41) is 0. The van der Waals surface area contributed by atoms with Gasteiger partial charge in [-0.05, 0) is 24.6 Å². The minimum atomic E-state index is 0.769. The van der Waals surface area contributed by atoms with Gasteiger partial charge in [0.1, 0.15) is 5.75 Å². The minimum absolute atomic E-state index is 0.769. The summed E-state index contributed by atoms with van der Waals surface area (Å²) in [7, 11) is 1.64. The molecule has 0 aliphatic heterocycles. The van der Waals surface area contributed by atoms with E-state index in [0.717, 1.165) is 22.6 Å². The Kier molecular flexibility index (Phi) is 2.38. The molecular formula is C10H13NO. The van der Waals surface area contributed by atoms with E-state index in [0.29, 0.717) is 0 Å². The summed E-state index contributed by atoms with van der Waals surface area (Å²) < 4.78 is 5.09. The highest BCUT2D eigenvalue weighted by molar-refractivity contribution is 5.68. The fraction of sp³-hybridized carbons (Fsp3) is 0.200. The molecule has 0 spiro atoms. The van der Waals surface area contributed by atoms with Gasteiger partial charge < -0.3 is 10.5 Å². The lowest BCUT2D eigenvalue weighted by Gasteiger charge is -2.07. The number of methoxy groups -OCH3 is 1. The summed E-state index contributed by atoms with van der Waals surface area (Å²) >= 11 is 0. The van der Waals surface area contributed by atoms with Crippen molar-refractivity contribution in [3.63, 3.8) is 0 Å². The number of rotatable bonds is 2. The van der Waals surface area contributed by atoms with Crippen LogP contribution in [-0.4, -0.2) is 7.11 Å². The van der Waals surface area contributed by atoms with E-state index in [1.54, 1.807) is 13.2 Å². The maximum atomic E-state index is 5.79. The number of nitrogen functional groups attached to an aromatic ring is 1. The second-order valence-electron chi connectivity index (χ2n) is 2.65. The van der Waals surface area contributed by atoms with Crippen LogP contribution in [0.5, 0.6) is 5.75 Å². The van der Waals surface area contributed by atoms with E-state index in [4.69, 9.17) is 10.5 Å². The Balaban J connectivity index is 3.28. The van der Waals surface area contributed by atoms with Crippen molar-refractivity contribution in [1.29, 1.82) is 0 Å². The Bertz CT molecular complexity index is 305. The smallest absolute Gasteiger partial charge is 0.119 e. The first kappa shape index (κ1) is 8.65. The fourth-order valence-corrected chi connectivity index (χ4v) is 1.08. The van der Waals surface area contributed by atoms with Crippen molar-refractivity contribution in [2.45, 2.75) is 6.92 Å². The van der Waals surface area contributed by atoms with E-state index >= 15 is 0 Å². The lowest BCUT2D eigenvalue weighted by atomic mass is 10.1. The maximum Gasteiger partial charge on any atom is 0.119 e. The number of benzene rings is 1. The first-order chi connectivity index (χ1) is 5.69. The molecular weight excluding hydrogens is 150 g/mol. The fourth-order valence-electron chi connectivity index (χ4n) is 1.08. The summed E-state index contributed by atoms with van der Waals surface area (Å²) in [6, 6.07) is 3.78. The topological polar surface area (TPSA) is 35.2 Å². The molecule has 0 unspecified atom stereocenters.